The number of rotatable bonds is 6. The van der Waals surface area contributed by atoms with Crippen LogP contribution in [0.1, 0.15) is 25.0 Å². The highest BCUT2D eigenvalue weighted by atomic mass is 35.5. The number of aryl methyl sites for hydroxylation is 1. The SMILES string of the molecule is CCc1ccc(C[NH+](C)[C@@H](C)C(=O)Nc2ccc(F)cc2Cl)cc1. The normalized spacial score (nSPS) is 13.4. The number of hydrogen-bond donors (Lipinski definition) is 2. The van der Waals surface area contributed by atoms with Gasteiger partial charge in [-0.2, -0.15) is 0 Å². The quantitative estimate of drug-likeness (QED) is 0.825. The number of halogens is 2. The Bertz CT molecular complexity index is 703. The summed E-state index contributed by atoms with van der Waals surface area (Å²) >= 11 is 5.95. The summed E-state index contributed by atoms with van der Waals surface area (Å²) in [6.07, 6.45) is 1.01. The maximum Gasteiger partial charge on any atom is 0.282 e. The van der Waals surface area contributed by atoms with Gasteiger partial charge in [0.05, 0.1) is 17.8 Å². The molecular weight excluding hydrogens is 327 g/mol. The lowest BCUT2D eigenvalue weighted by Crippen LogP contribution is -3.12. The maximum absolute atomic E-state index is 13.1. The summed E-state index contributed by atoms with van der Waals surface area (Å²) in [7, 11) is 1.98. The summed E-state index contributed by atoms with van der Waals surface area (Å²) in [5.41, 5.74) is 2.91. The molecule has 5 heteroatoms. The standard InChI is InChI=1S/C19H22ClFN2O/c1-4-14-5-7-15(8-6-14)12-23(3)13(2)19(24)22-18-10-9-16(21)11-17(18)20/h5-11,13H,4,12H2,1-3H3,(H,22,24)/p+1/t13-/m0/s1. The first-order valence-corrected chi connectivity index (χ1v) is 8.44. The van der Waals surface area contributed by atoms with Crippen molar-refractivity contribution >= 4 is 23.2 Å². The molecule has 0 aromatic heterocycles. The van der Waals surface area contributed by atoms with E-state index in [4.69, 9.17) is 11.6 Å². The number of quaternary nitrogens is 1. The summed E-state index contributed by atoms with van der Waals surface area (Å²) in [5.74, 6) is -0.574. The molecule has 0 aliphatic heterocycles. The number of anilines is 1. The lowest BCUT2D eigenvalue weighted by molar-refractivity contribution is -0.907. The molecule has 0 fully saturated rings. The Morgan fingerprint density at radius 2 is 1.83 bits per heavy atom. The van der Waals surface area contributed by atoms with Gasteiger partial charge in [0, 0.05) is 5.56 Å². The van der Waals surface area contributed by atoms with E-state index in [1.807, 2.05) is 14.0 Å². The van der Waals surface area contributed by atoms with Crippen molar-refractivity contribution < 1.29 is 14.1 Å². The van der Waals surface area contributed by atoms with E-state index in [2.05, 4.69) is 36.5 Å². The smallest absolute Gasteiger partial charge is 0.282 e. The minimum Gasteiger partial charge on any atom is -0.324 e. The second kappa shape index (κ2) is 8.27. The van der Waals surface area contributed by atoms with Crippen LogP contribution in [0.4, 0.5) is 10.1 Å². The minimum absolute atomic E-state index is 0.147. The Hall–Kier alpha value is -1.91. The van der Waals surface area contributed by atoms with Gasteiger partial charge in [0.15, 0.2) is 6.04 Å². The van der Waals surface area contributed by atoms with Crippen LogP contribution in [-0.2, 0) is 17.8 Å². The lowest BCUT2D eigenvalue weighted by atomic mass is 10.1. The van der Waals surface area contributed by atoms with Gasteiger partial charge in [0.2, 0.25) is 0 Å². The molecule has 2 aromatic rings. The number of nitrogens with one attached hydrogen (secondary N) is 2. The van der Waals surface area contributed by atoms with Gasteiger partial charge in [-0.3, -0.25) is 4.79 Å². The molecule has 0 heterocycles. The van der Waals surface area contributed by atoms with Crippen LogP contribution < -0.4 is 10.2 Å². The average Bonchev–Trinajstić information content (AvgIpc) is 2.57. The maximum atomic E-state index is 13.1. The lowest BCUT2D eigenvalue weighted by Gasteiger charge is -2.21. The van der Waals surface area contributed by atoms with Gasteiger partial charge in [-0.1, -0.05) is 42.8 Å². The highest BCUT2D eigenvalue weighted by Gasteiger charge is 2.22. The first kappa shape index (κ1) is 18.4. The van der Waals surface area contributed by atoms with Crippen molar-refractivity contribution in [2.45, 2.75) is 32.9 Å². The first-order chi connectivity index (χ1) is 11.4. The van der Waals surface area contributed by atoms with E-state index in [-0.39, 0.29) is 17.0 Å². The van der Waals surface area contributed by atoms with Gasteiger partial charge in [0.1, 0.15) is 12.4 Å². The summed E-state index contributed by atoms with van der Waals surface area (Å²) < 4.78 is 13.1. The van der Waals surface area contributed by atoms with Gasteiger partial charge < -0.3 is 10.2 Å². The van der Waals surface area contributed by atoms with E-state index in [0.717, 1.165) is 17.9 Å². The fourth-order valence-electron chi connectivity index (χ4n) is 2.42. The number of hydrogen-bond acceptors (Lipinski definition) is 1. The van der Waals surface area contributed by atoms with Crippen LogP contribution in [0.5, 0.6) is 0 Å². The highest BCUT2D eigenvalue weighted by molar-refractivity contribution is 6.33. The Balaban J connectivity index is 1.98. The largest absolute Gasteiger partial charge is 0.324 e. The van der Waals surface area contributed by atoms with Crippen molar-refractivity contribution in [1.29, 1.82) is 0 Å². The van der Waals surface area contributed by atoms with E-state index in [0.29, 0.717) is 5.69 Å². The third kappa shape index (κ3) is 4.79. The Labute approximate surface area is 147 Å². The number of benzene rings is 2. The zero-order chi connectivity index (χ0) is 17.7. The molecule has 0 saturated heterocycles. The van der Waals surface area contributed by atoms with Crippen molar-refractivity contribution in [3.05, 3.63) is 64.4 Å². The van der Waals surface area contributed by atoms with Crippen LogP contribution in [0.3, 0.4) is 0 Å². The zero-order valence-corrected chi connectivity index (χ0v) is 15.0. The fraction of sp³-hybridized carbons (Fsp3) is 0.316. The number of likely N-dealkylation sites (N-methyl/N-ethyl adjacent to an activating group) is 1. The van der Waals surface area contributed by atoms with Gasteiger partial charge in [-0.25, -0.2) is 4.39 Å². The summed E-state index contributed by atoms with van der Waals surface area (Å²) in [4.78, 5) is 13.5. The van der Waals surface area contributed by atoms with Crippen molar-refractivity contribution in [3.8, 4) is 0 Å². The first-order valence-electron chi connectivity index (χ1n) is 8.06. The minimum atomic E-state index is -0.427. The molecule has 0 radical (unpaired) electrons. The summed E-state index contributed by atoms with van der Waals surface area (Å²) in [6.45, 7) is 4.73. The highest BCUT2D eigenvalue weighted by Crippen LogP contribution is 2.22. The molecule has 2 N–H and O–H groups in total. The predicted octanol–water partition coefficient (Wildman–Crippen LogP) is 3.08. The average molecular weight is 350 g/mol. The van der Waals surface area contributed by atoms with Gasteiger partial charge in [-0.15, -0.1) is 0 Å². The molecule has 128 valence electrons. The van der Waals surface area contributed by atoms with Crippen LogP contribution >= 0.6 is 11.6 Å². The number of carbonyl (C=O) groups excluding carboxylic acids is 1. The van der Waals surface area contributed by atoms with E-state index in [9.17, 15) is 9.18 Å². The molecule has 0 aliphatic rings. The van der Waals surface area contributed by atoms with Crippen LogP contribution in [0.2, 0.25) is 5.02 Å². The van der Waals surface area contributed by atoms with Crippen LogP contribution in [0.15, 0.2) is 42.5 Å². The third-order valence-corrected chi connectivity index (χ3v) is 4.55. The molecule has 1 amide bonds. The molecule has 24 heavy (non-hydrogen) atoms. The fourth-order valence-corrected chi connectivity index (χ4v) is 2.64. The predicted molar refractivity (Wildman–Crippen MR) is 95.9 cm³/mol. The van der Waals surface area contributed by atoms with E-state index < -0.39 is 5.82 Å². The Morgan fingerprint density at radius 3 is 2.42 bits per heavy atom. The van der Waals surface area contributed by atoms with E-state index in [1.54, 1.807) is 0 Å². The molecule has 2 atom stereocenters. The number of amides is 1. The van der Waals surface area contributed by atoms with Crippen molar-refractivity contribution in [1.82, 2.24) is 0 Å². The van der Waals surface area contributed by atoms with Crippen LogP contribution in [0, 0.1) is 5.82 Å². The van der Waals surface area contributed by atoms with Gasteiger partial charge >= 0.3 is 0 Å². The molecule has 3 nitrogen and oxygen atoms in total. The molecule has 0 spiro atoms. The third-order valence-electron chi connectivity index (χ3n) is 4.24. The molecule has 0 aliphatic carbocycles. The second-order valence-corrected chi connectivity index (χ2v) is 6.44. The van der Waals surface area contributed by atoms with Crippen LogP contribution in [0.25, 0.3) is 0 Å². The van der Waals surface area contributed by atoms with Crippen molar-refractivity contribution in [2.75, 3.05) is 12.4 Å². The molecule has 2 aromatic carbocycles. The zero-order valence-electron chi connectivity index (χ0n) is 14.2. The van der Waals surface area contributed by atoms with E-state index >= 15 is 0 Å². The monoisotopic (exact) mass is 349 g/mol. The Morgan fingerprint density at radius 1 is 1.21 bits per heavy atom. The Kier molecular flexibility index (Phi) is 6.35. The summed E-state index contributed by atoms with van der Waals surface area (Å²) in [5, 5.41) is 2.96. The van der Waals surface area contributed by atoms with Gasteiger partial charge in [0.25, 0.3) is 5.91 Å². The second-order valence-electron chi connectivity index (χ2n) is 6.03. The summed E-state index contributed by atoms with van der Waals surface area (Å²) in [6, 6.07) is 12.1. The molecule has 1 unspecified atom stereocenters. The van der Waals surface area contributed by atoms with Gasteiger partial charge in [-0.05, 0) is 37.1 Å². The molecule has 0 bridgehead atoms. The topological polar surface area (TPSA) is 33.5 Å². The van der Waals surface area contributed by atoms with Crippen LogP contribution in [-0.4, -0.2) is 19.0 Å². The molecule has 0 saturated carbocycles. The molecule has 2 rings (SSSR count). The molecular formula is C19H23ClFN2O+. The van der Waals surface area contributed by atoms with E-state index in [1.165, 1.54) is 29.3 Å². The number of carbonyl (C=O) groups is 1. The van der Waals surface area contributed by atoms with Crippen molar-refractivity contribution in [2.24, 2.45) is 0 Å². The van der Waals surface area contributed by atoms with Crippen molar-refractivity contribution in [3.63, 3.8) is 0 Å².